The van der Waals surface area contributed by atoms with E-state index in [-0.39, 0.29) is 18.3 Å². The molecule has 1 heterocycles. The molecule has 30 heavy (non-hydrogen) atoms. The second kappa shape index (κ2) is 9.54. The molecule has 1 N–H and O–H groups in total. The van der Waals surface area contributed by atoms with Crippen molar-refractivity contribution in [3.05, 3.63) is 59.0 Å². The van der Waals surface area contributed by atoms with E-state index in [9.17, 15) is 9.59 Å². The number of Topliss-reactive ketones (excluding diaryl/α,β-unsaturated/α-hetero) is 1. The summed E-state index contributed by atoms with van der Waals surface area (Å²) in [5.41, 5.74) is 3.60. The fraction of sp³-hybridized carbons (Fsp3) is 0.261. The van der Waals surface area contributed by atoms with E-state index in [1.54, 1.807) is 18.2 Å². The van der Waals surface area contributed by atoms with E-state index >= 15 is 0 Å². The molecule has 3 aromatic rings. The number of carbonyl (C=O) groups is 2. The van der Waals surface area contributed by atoms with Crippen molar-refractivity contribution < 1.29 is 19.1 Å². The Hall–Kier alpha value is -3.19. The molecule has 0 radical (unpaired) electrons. The molecule has 0 saturated carbocycles. The fourth-order valence-electron chi connectivity index (χ4n) is 2.81. The molecule has 1 amide bonds. The smallest absolute Gasteiger partial charge is 0.264 e. The van der Waals surface area contributed by atoms with Crippen LogP contribution < -0.4 is 14.8 Å². The van der Waals surface area contributed by atoms with E-state index in [1.807, 2.05) is 17.5 Å². The van der Waals surface area contributed by atoms with Crippen LogP contribution in [0.4, 0.5) is 5.13 Å². The Morgan fingerprint density at radius 3 is 2.47 bits per heavy atom. The van der Waals surface area contributed by atoms with E-state index < -0.39 is 0 Å². The summed E-state index contributed by atoms with van der Waals surface area (Å²) >= 11 is 1.36. The molecule has 0 bridgehead atoms. The average molecular weight is 425 g/mol. The van der Waals surface area contributed by atoms with Gasteiger partial charge in [-0.05, 0) is 36.6 Å². The topological polar surface area (TPSA) is 77.5 Å². The largest absolute Gasteiger partial charge is 0.493 e. The predicted octanol–water partition coefficient (Wildman–Crippen LogP) is 5.16. The maximum Gasteiger partial charge on any atom is 0.264 e. The van der Waals surface area contributed by atoms with Gasteiger partial charge >= 0.3 is 0 Å². The Kier molecular flexibility index (Phi) is 6.84. The van der Waals surface area contributed by atoms with Crippen LogP contribution in [-0.4, -0.2) is 30.4 Å². The third-order valence-corrected chi connectivity index (χ3v) is 5.31. The molecule has 0 aliphatic carbocycles. The summed E-state index contributed by atoms with van der Waals surface area (Å²) in [6, 6.07) is 13.1. The number of hydrogen-bond acceptors (Lipinski definition) is 6. The zero-order chi connectivity index (χ0) is 21.7. The van der Waals surface area contributed by atoms with Gasteiger partial charge in [0.1, 0.15) is 0 Å². The van der Waals surface area contributed by atoms with Gasteiger partial charge < -0.3 is 9.47 Å². The molecule has 0 unspecified atom stereocenters. The van der Waals surface area contributed by atoms with Gasteiger partial charge in [-0.2, -0.15) is 0 Å². The minimum atomic E-state index is -0.330. The lowest BCUT2D eigenvalue weighted by atomic mass is 10.0. The van der Waals surface area contributed by atoms with Crippen molar-refractivity contribution in [2.75, 3.05) is 19.0 Å². The molecule has 7 heteroatoms. The van der Waals surface area contributed by atoms with Gasteiger partial charge in [0.2, 0.25) is 0 Å². The number of rotatable bonds is 8. The zero-order valence-electron chi connectivity index (χ0n) is 17.4. The van der Waals surface area contributed by atoms with Crippen LogP contribution >= 0.6 is 11.3 Å². The van der Waals surface area contributed by atoms with Gasteiger partial charge in [-0.15, -0.1) is 11.3 Å². The van der Waals surface area contributed by atoms with Crippen molar-refractivity contribution >= 4 is 28.2 Å². The Morgan fingerprint density at radius 2 is 1.83 bits per heavy atom. The SMILES string of the molecule is COc1cc(C(C)=O)ccc1OCC(=O)Nc1nc(-c2ccc(C(C)C)cc2)cs1. The molecular weight excluding hydrogens is 400 g/mol. The Morgan fingerprint density at radius 1 is 1.10 bits per heavy atom. The van der Waals surface area contributed by atoms with E-state index in [1.165, 1.54) is 30.9 Å². The number of hydrogen-bond donors (Lipinski definition) is 1. The van der Waals surface area contributed by atoms with Crippen LogP contribution in [0.5, 0.6) is 11.5 Å². The van der Waals surface area contributed by atoms with Gasteiger partial charge in [0.05, 0.1) is 12.8 Å². The number of thiazole rings is 1. The van der Waals surface area contributed by atoms with Crippen molar-refractivity contribution in [3.63, 3.8) is 0 Å². The molecule has 0 saturated heterocycles. The van der Waals surface area contributed by atoms with E-state index in [0.717, 1.165) is 11.3 Å². The highest BCUT2D eigenvalue weighted by Gasteiger charge is 2.12. The minimum Gasteiger partial charge on any atom is -0.493 e. The number of anilines is 1. The number of benzene rings is 2. The lowest BCUT2D eigenvalue weighted by Gasteiger charge is -2.11. The lowest BCUT2D eigenvalue weighted by molar-refractivity contribution is -0.118. The number of nitrogens with zero attached hydrogens (tertiary/aromatic N) is 1. The van der Waals surface area contributed by atoms with Crippen LogP contribution in [0.15, 0.2) is 47.8 Å². The van der Waals surface area contributed by atoms with Crippen molar-refractivity contribution in [1.82, 2.24) is 4.98 Å². The Bertz CT molecular complexity index is 1040. The van der Waals surface area contributed by atoms with E-state index in [0.29, 0.717) is 28.1 Å². The summed E-state index contributed by atoms with van der Waals surface area (Å²) in [6.07, 6.45) is 0. The second-order valence-corrected chi connectivity index (χ2v) is 7.93. The molecule has 0 spiro atoms. The third kappa shape index (κ3) is 5.24. The summed E-state index contributed by atoms with van der Waals surface area (Å²) in [5, 5.41) is 5.16. The molecule has 3 rings (SSSR count). The number of amides is 1. The summed E-state index contributed by atoms with van der Waals surface area (Å²) in [7, 11) is 1.48. The van der Waals surface area contributed by atoms with Gasteiger partial charge in [-0.1, -0.05) is 38.1 Å². The third-order valence-electron chi connectivity index (χ3n) is 4.55. The van der Waals surface area contributed by atoms with Crippen LogP contribution in [0.25, 0.3) is 11.3 Å². The number of ether oxygens (including phenoxy) is 2. The summed E-state index contributed by atoms with van der Waals surface area (Å²) < 4.78 is 10.8. The normalized spacial score (nSPS) is 10.7. The molecule has 0 aliphatic heterocycles. The summed E-state index contributed by atoms with van der Waals surface area (Å²) in [4.78, 5) is 28.2. The van der Waals surface area contributed by atoms with Crippen molar-refractivity contribution in [3.8, 4) is 22.8 Å². The molecule has 2 aromatic carbocycles. The van der Waals surface area contributed by atoms with E-state index in [2.05, 4.69) is 36.3 Å². The first kappa shape index (κ1) is 21.5. The summed E-state index contributed by atoms with van der Waals surface area (Å²) in [5.74, 6) is 0.862. The first-order valence-electron chi connectivity index (χ1n) is 9.55. The van der Waals surface area contributed by atoms with Crippen LogP contribution in [0, 0.1) is 0 Å². The number of nitrogens with one attached hydrogen (secondary N) is 1. The molecule has 6 nitrogen and oxygen atoms in total. The van der Waals surface area contributed by atoms with E-state index in [4.69, 9.17) is 9.47 Å². The molecular formula is C23H24N2O4S. The van der Waals surface area contributed by atoms with Crippen molar-refractivity contribution in [2.24, 2.45) is 0 Å². The quantitative estimate of drug-likeness (QED) is 0.505. The van der Waals surface area contributed by atoms with Gasteiger partial charge in [-0.3, -0.25) is 14.9 Å². The highest BCUT2D eigenvalue weighted by atomic mass is 32.1. The van der Waals surface area contributed by atoms with Gasteiger partial charge in [-0.25, -0.2) is 4.98 Å². The fourth-order valence-corrected chi connectivity index (χ4v) is 3.54. The maximum atomic E-state index is 12.3. The minimum absolute atomic E-state index is 0.0731. The molecule has 0 atom stereocenters. The van der Waals surface area contributed by atoms with Crippen LogP contribution in [0.3, 0.4) is 0 Å². The van der Waals surface area contributed by atoms with Crippen LogP contribution in [0.2, 0.25) is 0 Å². The number of aromatic nitrogens is 1. The van der Waals surface area contributed by atoms with Gasteiger partial charge in [0.15, 0.2) is 29.0 Å². The number of methoxy groups -OCH3 is 1. The van der Waals surface area contributed by atoms with Gasteiger partial charge in [0.25, 0.3) is 5.91 Å². The maximum absolute atomic E-state index is 12.3. The zero-order valence-corrected chi connectivity index (χ0v) is 18.2. The van der Waals surface area contributed by atoms with Crippen molar-refractivity contribution in [2.45, 2.75) is 26.7 Å². The average Bonchev–Trinajstić information content (AvgIpc) is 3.20. The monoisotopic (exact) mass is 424 g/mol. The van der Waals surface area contributed by atoms with Crippen molar-refractivity contribution in [1.29, 1.82) is 0 Å². The highest BCUT2D eigenvalue weighted by Crippen LogP contribution is 2.29. The molecule has 0 aliphatic rings. The first-order chi connectivity index (χ1) is 14.4. The number of carbonyl (C=O) groups excluding carboxylic acids is 2. The van der Waals surface area contributed by atoms with Gasteiger partial charge in [0, 0.05) is 16.5 Å². The van der Waals surface area contributed by atoms with Crippen LogP contribution in [0.1, 0.15) is 42.6 Å². The molecule has 156 valence electrons. The highest BCUT2D eigenvalue weighted by molar-refractivity contribution is 7.14. The Balaban J connectivity index is 1.60. The molecule has 1 aromatic heterocycles. The summed E-state index contributed by atoms with van der Waals surface area (Å²) in [6.45, 7) is 5.58. The Labute approximate surface area is 179 Å². The predicted molar refractivity (Wildman–Crippen MR) is 119 cm³/mol. The lowest BCUT2D eigenvalue weighted by Crippen LogP contribution is -2.20. The number of ketones is 1. The molecule has 0 fully saturated rings. The standard InChI is InChI=1S/C23H24N2O4S/c1-14(2)16-5-7-17(8-6-16)19-13-30-23(24-19)25-22(27)12-29-20-10-9-18(15(3)26)11-21(20)28-4/h5-11,13-14H,12H2,1-4H3,(H,24,25,27). The van der Waals surface area contributed by atoms with Crippen LogP contribution in [-0.2, 0) is 4.79 Å². The first-order valence-corrected chi connectivity index (χ1v) is 10.4. The second-order valence-electron chi connectivity index (χ2n) is 7.07.